The molecule has 2 aromatic carbocycles. The minimum atomic E-state index is -3.73. The maximum absolute atomic E-state index is 13.0. The van der Waals surface area contributed by atoms with Crippen LogP contribution in [0.25, 0.3) is 11.3 Å². The summed E-state index contributed by atoms with van der Waals surface area (Å²) in [6.45, 7) is 0.267. The van der Waals surface area contributed by atoms with Crippen LogP contribution in [0.15, 0.2) is 64.8 Å². The van der Waals surface area contributed by atoms with Crippen LogP contribution in [0.2, 0.25) is 0 Å². The Labute approximate surface area is 165 Å². The minimum Gasteiger partial charge on any atom is -0.351 e. The molecular weight excluding hydrogens is 403 g/mol. The second-order valence-electron chi connectivity index (χ2n) is 5.86. The highest BCUT2D eigenvalue weighted by atomic mass is 32.2. The van der Waals surface area contributed by atoms with Crippen molar-refractivity contribution in [3.05, 3.63) is 66.1 Å². The summed E-state index contributed by atoms with van der Waals surface area (Å²) in [5.74, 6) is -0.347. The van der Waals surface area contributed by atoms with E-state index >= 15 is 0 Å². The first-order valence-corrected chi connectivity index (χ1v) is 10.7. The lowest BCUT2D eigenvalue weighted by molar-refractivity contribution is -0.118. The number of hydrogen-bond donors (Lipinski definition) is 3. The largest absolute Gasteiger partial charge is 0.351 e. The Kier molecular flexibility index (Phi) is 6.12. The predicted octanol–water partition coefficient (Wildman–Crippen LogP) is 2.27. The van der Waals surface area contributed by atoms with Gasteiger partial charge in [-0.05, 0) is 47.5 Å². The molecular formula is C18H17FN4O3S2. The number of aromatic amines is 1. The van der Waals surface area contributed by atoms with Crippen molar-refractivity contribution in [2.45, 2.75) is 16.6 Å². The number of sulfonamides is 1. The van der Waals surface area contributed by atoms with E-state index in [0.29, 0.717) is 5.16 Å². The molecule has 1 amide bonds. The quantitative estimate of drug-likeness (QED) is 0.507. The molecule has 146 valence electrons. The van der Waals surface area contributed by atoms with Crippen LogP contribution in [0.5, 0.6) is 0 Å². The van der Waals surface area contributed by atoms with Crippen LogP contribution >= 0.6 is 11.8 Å². The first-order chi connectivity index (χ1) is 13.3. The molecule has 0 bridgehead atoms. The maximum Gasteiger partial charge on any atom is 0.238 e. The van der Waals surface area contributed by atoms with E-state index in [2.05, 4.69) is 15.3 Å². The number of primary sulfonamides is 1. The summed E-state index contributed by atoms with van der Waals surface area (Å²) in [4.78, 5) is 19.3. The number of carbonyl (C=O) groups is 1. The average Bonchev–Trinajstić information content (AvgIpc) is 3.14. The fraction of sp³-hybridized carbons (Fsp3) is 0.111. The maximum atomic E-state index is 13.0. The topological polar surface area (TPSA) is 118 Å². The summed E-state index contributed by atoms with van der Waals surface area (Å²) in [6, 6.07) is 12.0. The van der Waals surface area contributed by atoms with Gasteiger partial charge in [-0.1, -0.05) is 23.9 Å². The van der Waals surface area contributed by atoms with Gasteiger partial charge >= 0.3 is 0 Å². The van der Waals surface area contributed by atoms with Crippen LogP contribution in [-0.4, -0.2) is 30.0 Å². The van der Waals surface area contributed by atoms with Gasteiger partial charge in [-0.2, -0.15) is 0 Å². The number of imidazole rings is 1. The number of benzene rings is 2. The van der Waals surface area contributed by atoms with Gasteiger partial charge in [0.1, 0.15) is 5.82 Å². The summed E-state index contributed by atoms with van der Waals surface area (Å²) >= 11 is 1.24. The third-order valence-electron chi connectivity index (χ3n) is 3.79. The van der Waals surface area contributed by atoms with E-state index in [1.165, 1.54) is 36.0 Å². The van der Waals surface area contributed by atoms with Gasteiger partial charge in [0.25, 0.3) is 0 Å². The van der Waals surface area contributed by atoms with Crippen LogP contribution in [0, 0.1) is 5.82 Å². The first-order valence-electron chi connectivity index (χ1n) is 8.13. The van der Waals surface area contributed by atoms with Crippen molar-refractivity contribution in [3.63, 3.8) is 0 Å². The highest BCUT2D eigenvalue weighted by Crippen LogP contribution is 2.21. The third kappa shape index (κ3) is 5.41. The zero-order valence-electron chi connectivity index (χ0n) is 14.6. The van der Waals surface area contributed by atoms with E-state index in [4.69, 9.17) is 5.14 Å². The molecule has 0 aliphatic carbocycles. The van der Waals surface area contributed by atoms with E-state index < -0.39 is 10.0 Å². The number of nitrogens with two attached hydrogens (primary N) is 1. The van der Waals surface area contributed by atoms with Gasteiger partial charge in [-0.15, -0.1) is 0 Å². The van der Waals surface area contributed by atoms with E-state index in [-0.39, 0.29) is 28.9 Å². The number of carbonyl (C=O) groups excluding carboxylic acids is 1. The molecule has 0 atom stereocenters. The van der Waals surface area contributed by atoms with Gasteiger partial charge in [0.2, 0.25) is 15.9 Å². The molecule has 3 aromatic rings. The SMILES string of the molecule is NS(=O)(=O)c1ccc(CNC(=O)CSc2ncc(-c3ccc(F)cc3)[nH]2)cc1. The van der Waals surface area contributed by atoms with Crippen molar-refractivity contribution >= 4 is 27.7 Å². The third-order valence-corrected chi connectivity index (χ3v) is 5.61. The Hall–Kier alpha value is -2.69. The highest BCUT2D eigenvalue weighted by molar-refractivity contribution is 7.99. The van der Waals surface area contributed by atoms with Crippen molar-refractivity contribution < 1.29 is 17.6 Å². The molecule has 0 aliphatic rings. The second-order valence-corrected chi connectivity index (χ2v) is 8.39. The van der Waals surface area contributed by atoms with Gasteiger partial charge in [0, 0.05) is 6.54 Å². The van der Waals surface area contributed by atoms with Crippen molar-refractivity contribution in [2.24, 2.45) is 5.14 Å². The average molecular weight is 420 g/mol. The van der Waals surface area contributed by atoms with E-state index in [9.17, 15) is 17.6 Å². The smallest absolute Gasteiger partial charge is 0.238 e. The molecule has 0 spiro atoms. The van der Waals surface area contributed by atoms with Crippen LogP contribution in [0.4, 0.5) is 4.39 Å². The monoisotopic (exact) mass is 420 g/mol. The van der Waals surface area contributed by atoms with E-state index in [1.807, 2.05) is 0 Å². The van der Waals surface area contributed by atoms with E-state index in [0.717, 1.165) is 16.8 Å². The second kappa shape index (κ2) is 8.55. The zero-order valence-corrected chi connectivity index (χ0v) is 16.2. The molecule has 7 nitrogen and oxygen atoms in total. The molecule has 3 rings (SSSR count). The lowest BCUT2D eigenvalue weighted by Crippen LogP contribution is -2.24. The van der Waals surface area contributed by atoms with Crippen LogP contribution < -0.4 is 10.5 Å². The number of hydrogen-bond acceptors (Lipinski definition) is 5. The highest BCUT2D eigenvalue weighted by Gasteiger charge is 2.09. The normalized spacial score (nSPS) is 11.4. The summed E-state index contributed by atoms with van der Waals surface area (Å²) in [6.07, 6.45) is 1.63. The zero-order chi connectivity index (χ0) is 20.1. The van der Waals surface area contributed by atoms with Crippen molar-refractivity contribution in [1.82, 2.24) is 15.3 Å². The number of halogens is 1. The number of thioether (sulfide) groups is 1. The summed E-state index contributed by atoms with van der Waals surface area (Å²) in [7, 11) is -3.73. The Balaban J connectivity index is 1.49. The molecule has 1 heterocycles. The minimum absolute atomic E-state index is 0.0212. The fourth-order valence-corrected chi connectivity index (χ4v) is 3.53. The molecule has 10 heteroatoms. The number of amides is 1. The van der Waals surface area contributed by atoms with Crippen molar-refractivity contribution in [3.8, 4) is 11.3 Å². The van der Waals surface area contributed by atoms with Gasteiger partial charge in [-0.25, -0.2) is 22.9 Å². The first kappa shape index (κ1) is 20.1. The standard InChI is InChI=1S/C18H17FN4O3S2/c19-14-5-3-13(4-6-14)16-10-22-18(23-16)27-11-17(24)21-9-12-1-7-15(8-2-12)28(20,25)26/h1-8,10H,9,11H2,(H,21,24)(H,22,23)(H2,20,25,26). The summed E-state index contributed by atoms with van der Waals surface area (Å²) in [5, 5.41) is 8.37. The van der Waals surface area contributed by atoms with Gasteiger partial charge in [0.15, 0.2) is 5.16 Å². The number of nitrogens with zero attached hydrogens (tertiary/aromatic N) is 1. The van der Waals surface area contributed by atoms with Gasteiger partial charge in [0.05, 0.1) is 22.5 Å². The Morgan fingerprint density at radius 1 is 1.14 bits per heavy atom. The predicted molar refractivity (Wildman–Crippen MR) is 104 cm³/mol. The van der Waals surface area contributed by atoms with Crippen molar-refractivity contribution in [1.29, 1.82) is 0 Å². The Morgan fingerprint density at radius 3 is 2.46 bits per heavy atom. The summed E-state index contributed by atoms with van der Waals surface area (Å²) in [5.41, 5.74) is 2.29. The Bertz CT molecular complexity index is 1060. The molecule has 4 N–H and O–H groups in total. The molecule has 0 unspecified atom stereocenters. The molecule has 1 aromatic heterocycles. The number of rotatable bonds is 7. The molecule has 0 saturated heterocycles. The number of aromatic nitrogens is 2. The molecule has 0 radical (unpaired) electrons. The number of nitrogens with one attached hydrogen (secondary N) is 2. The Morgan fingerprint density at radius 2 is 1.82 bits per heavy atom. The summed E-state index contributed by atoms with van der Waals surface area (Å²) < 4.78 is 35.4. The van der Waals surface area contributed by atoms with Crippen LogP contribution in [-0.2, 0) is 21.4 Å². The molecule has 28 heavy (non-hydrogen) atoms. The fourth-order valence-electron chi connectivity index (χ4n) is 2.34. The van der Waals surface area contributed by atoms with Crippen LogP contribution in [0.3, 0.4) is 0 Å². The van der Waals surface area contributed by atoms with Crippen molar-refractivity contribution in [2.75, 3.05) is 5.75 Å². The number of H-pyrrole nitrogens is 1. The lowest BCUT2D eigenvalue weighted by Gasteiger charge is -2.05. The van der Waals surface area contributed by atoms with Gasteiger partial charge < -0.3 is 10.3 Å². The van der Waals surface area contributed by atoms with E-state index in [1.54, 1.807) is 30.5 Å². The lowest BCUT2D eigenvalue weighted by atomic mass is 10.2. The molecule has 0 aliphatic heterocycles. The molecule has 0 fully saturated rings. The van der Waals surface area contributed by atoms with Gasteiger partial charge in [-0.3, -0.25) is 4.79 Å². The molecule has 0 saturated carbocycles. The van der Waals surface area contributed by atoms with Crippen LogP contribution in [0.1, 0.15) is 5.56 Å².